The predicted octanol–water partition coefficient (Wildman–Crippen LogP) is 2.11. The number of likely N-dealkylation sites (tertiary alicyclic amines) is 1. The third-order valence-corrected chi connectivity index (χ3v) is 4.34. The quantitative estimate of drug-likeness (QED) is 0.420. The second-order valence-corrected chi connectivity index (χ2v) is 6.05. The lowest BCUT2D eigenvalue weighted by Gasteiger charge is -2.22. The summed E-state index contributed by atoms with van der Waals surface area (Å²) in [5.41, 5.74) is 1.36. The van der Waals surface area contributed by atoms with Gasteiger partial charge < -0.3 is 24.4 Å². The van der Waals surface area contributed by atoms with E-state index in [1.165, 1.54) is 5.56 Å². The highest BCUT2D eigenvalue weighted by molar-refractivity contribution is 5.80. The van der Waals surface area contributed by atoms with E-state index in [9.17, 15) is 0 Å². The fourth-order valence-electron chi connectivity index (χ4n) is 2.99. The third kappa shape index (κ3) is 6.21. The molecule has 6 nitrogen and oxygen atoms in total. The van der Waals surface area contributed by atoms with Crippen molar-refractivity contribution in [3.63, 3.8) is 0 Å². The molecule has 0 bridgehead atoms. The summed E-state index contributed by atoms with van der Waals surface area (Å²) < 4.78 is 15.7. The normalized spacial score (nSPS) is 17.8. The third-order valence-electron chi connectivity index (χ3n) is 4.34. The summed E-state index contributed by atoms with van der Waals surface area (Å²) in [6.45, 7) is 7.50. The molecule has 1 aromatic rings. The van der Waals surface area contributed by atoms with Crippen LogP contribution in [-0.4, -0.2) is 71.1 Å². The highest BCUT2D eigenvalue weighted by Gasteiger charge is 2.26. The molecule has 1 aromatic carbocycles. The number of methoxy groups -OCH3 is 2. The van der Waals surface area contributed by atoms with Gasteiger partial charge in [0.05, 0.1) is 33.5 Å². The Kier molecular flexibility index (Phi) is 8.55. The first kappa shape index (κ1) is 19.5. The van der Waals surface area contributed by atoms with E-state index in [4.69, 9.17) is 19.2 Å². The molecule has 0 aliphatic carbocycles. The molecular weight excluding hydrogens is 318 g/mol. The first-order chi connectivity index (χ1) is 12.3. The van der Waals surface area contributed by atoms with Gasteiger partial charge in [0.2, 0.25) is 0 Å². The summed E-state index contributed by atoms with van der Waals surface area (Å²) in [6, 6.07) is 8.41. The van der Waals surface area contributed by atoms with E-state index in [1.807, 2.05) is 12.1 Å². The number of nitrogens with zero attached hydrogens (tertiary/aromatic N) is 2. The molecule has 1 aliphatic heterocycles. The Morgan fingerprint density at radius 3 is 2.68 bits per heavy atom. The minimum atomic E-state index is 0.535. The number of benzene rings is 1. The van der Waals surface area contributed by atoms with Gasteiger partial charge in [-0.3, -0.25) is 4.99 Å². The van der Waals surface area contributed by atoms with Crippen molar-refractivity contribution in [2.45, 2.75) is 19.3 Å². The SMILES string of the molecule is CCNC(=NCCOCCOC)N1CCC(c2ccc(OC)cc2)C1. The van der Waals surface area contributed by atoms with Crippen LogP contribution in [0.5, 0.6) is 5.75 Å². The van der Waals surface area contributed by atoms with E-state index in [0.29, 0.717) is 32.3 Å². The van der Waals surface area contributed by atoms with Crippen LogP contribution in [0.3, 0.4) is 0 Å². The Hall–Kier alpha value is -1.79. The van der Waals surface area contributed by atoms with Gasteiger partial charge in [0.1, 0.15) is 5.75 Å². The second-order valence-electron chi connectivity index (χ2n) is 6.05. The molecule has 0 amide bonds. The molecule has 1 atom stereocenters. The fourth-order valence-corrected chi connectivity index (χ4v) is 2.99. The van der Waals surface area contributed by atoms with Gasteiger partial charge in [-0.05, 0) is 31.0 Å². The summed E-state index contributed by atoms with van der Waals surface area (Å²) in [4.78, 5) is 7.04. The predicted molar refractivity (Wildman–Crippen MR) is 101 cm³/mol. The van der Waals surface area contributed by atoms with E-state index in [-0.39, 0.29) is 0 Å². The first-order valence-electron chi connectivity index (χ1n) is 9.02. The molecule has 140 valence electrons. The van der Waals surface area contributed by atoms with Crippen LogP contribution in [0.25, 0.3) is 0 Å². The Morgan fingerprint density at radius 1 is 1.20 bits per heavy atom. The largest absolute Gasteiger partial charge is 0.497 e. The van der Waals surface area contributed by atoms with Gasteiger partial charge in [0.25, 0.3) is 0 Å². The second kappa shape index (κ2) is 10.9. The number of nitrogens with one attached hydrogen (secondary N) is 1. The monoisotopic (exact) mass is 349 g/mol. The minimum Gasteiger partial charge on any atom is -0.497 e. The van der Waals surface area contributed by atoms with E-state index in [1.54, 1.807) is 14.2 Å². The number of aliphatic imine (C=N–C) groups is 1. The molecule has 6 heteroatoms. The van der Waals surface area contributed by atoms with Crippen LogP contribution in [-0.2, 0) is 9.47 Å². The molecule has 2 rings (SSSR count). The summed E-state index contributed by atoms with van der Waals surface area (Å²) in [7, 11) is 3.38. The lowest BCUT2D eigenvalue weighted by molar-refractivity contribution is 0.0747. The van der Waals surface area contributed by atoms with E-state index in [2.05, 4.69) is 29.3 Å². The number of ether oxygens (including phenoxy) is 3. The van der Waals surface area contributed by atoms with Crippen LogP contribution >= 0.6 is 0 Å². The molecule has 0 spiro atoms. The van der Waals surface area contributed by atoms with E-state index >= 15 is 0 Å². The Morgan fingerprint density at radius 2 is 2.00 bits per heavy atom. The number of hydrogen-bond donors (Lipinski definition) is 1. The minimum absolute atomic E-state index is 0.535. The highest BCUT2D eigenvalue weighted by Crippen LogP contribution is 2.28. The maximum atomic E-state index is 5.49. The smallest absolute Gasteiger partial charge is 0.194 e. The van der Waals surface area contributed by atoms with Crippen molar-refractivity contribution in [1.82, 2.24) is 10.2 Å². The molecule has 1 fully saturated rings. The Bertz CT molecular complexity index is 519. The maximum absolute atomic E-state index is 5.49. The summed E-state index contributed by atoms with van der Waals surface area (Å²) in [5.74, 6) is 2.42. The van der Waals surface area contributed by atoms with Gasteiger partial charge in [-0.15, -0.1) is 0 Å². The van der Waals surface area contributed by atoms with Crippen molar-refractivity contribution < 1.29 is 14.2 Å². The number of rotatable bonds is 9. The standard InChI is InChI=1S/C19H31N3O3/c1-4-20-19(21-10-12-25-14-13-23-2)22-11-9-17(15-22)16-5-7-18(24-3)8-6-16/h5-8,17H,4,9-15H2,1-3H3,(H,20,21). The summed E-state index contributed by atoms with van der Waals surface area (Å²) in [6.07, 6.45) is 1.14. The van der Waals surface area contributed by atoms with Gasteiger partial charge in [0, 0.05) is 32.7 Å². The average molecular weight is 349 g/mol. The van der Waals surface area contributed by atoms with Gasteiger partial charge >= 0.3 is 0 Å². The topological polar surface area (TPSA) is 55.3 Å². The highest BCUT2D eigenvalue weighted by atomic mass is 16.5. The molecule has 0 saturated carbocycles. The van der Waals surface area contributed by atoms with Crippen LogP contribution in [0.2, 0.25) is 0 Å². The van der Waals surface area contributed by atoms with Crippen LogP contribution in [0.4, 0.5) is 0 Å². The van der Waals surface area contributed by atoms with Crippen molar-refractivity contribution in [1.29, 1.82) is 0 Å². The lowest BCUT2D eigenvalue weighted by Crippen LogP contribution is -2.40. The van der Waals surface area contributed by atoms with Crippen LogP contribution in [0.15, 0.2) is 29.3 Å². The van der Waals surface area contributed by atoms with Crippen molar-refractivity contribution in [3.05, 3.63) is 29.8 Å². The Labute approximate surface area is 151 Å². The first-order valence-corrected chi connectivity index (χ1v) is 9.02. The van der Waals surface area contributed by atoms with Gasteiger partial charge in [-0.2, -0.15) is 0 Å². The van der Waals surface area contributed by atoms with Gasteiger partial charge in [0.15, 0.2) is 5.96 Å². The zero-order valence-electron chi connectivity index (χ0n) is 15.7. The fraction of sp³-hybridized carbons (Fsp3) is 0.632. The molecule has 0 aromatic heterocycles. The molecule has 1 N–H and O–H groups in total. The zero-order valence-corrected chi connectivity index (χ0v) is 15.7. The van der Waals surface area contributed by atoms with Crippen molar-refractivity contribution in [2.75, 3.05) is 60.2 Å². The van der Waals surface area contributed by atoms with Gasteiger partial charge in [-0.25, -0.2) is 0 Å². The Balaban J connectivity index is 1.86. The molecule has 25 heavy (non-hydrogen) atoms. The van der Waals surface area contributed by atoms with Crippen LogP contribution in [0.1, 0.15) is 24.8 Å². The van der Waals surface area contributed by atoms with Crippen LogP contribution < -0.4 is 10.1 Å². The van der Waals surface area contributed by atoms with E-state index in [0.717, 1.165) is 37.8 Å². The summed E-state index contributed by atoms with van der Waals surface area (Å²) in [5, 5.41) is 3.39. The molecule has 0 radical (unpaired) electrons. The molecule has 1 saturated heterocycles. The molecule has 1 aliphatic rings. The van der Waals surface area contributed by atoms with Crippen molar-refractivity contribution in [3.8, 4) is 5.75 Å². The average Bonchev–Trinajstić information content (AvgIpc) is 3.13. The maximum Gasteiger partial charge on any atom is 0.194 e. The number of guanidine groups is 1. The summed E-state index contributed by atoms with van der Waals surface area (Å²) >= 11 is 0. The van der Waals surface area contributed by atoms with Gasteiger partial charge in [-0.1, -0.05) is 12.1 Å². The number of hydrogen-bond acceptors (Lipinski definition) is 4. The lowest BCUT2D eigenvalue weighted by atomic mass is 9.98. The molecule has 1 unspecified atom stereocenters. The van der Waals surface area contributed by atoms with Crippen molar-refractivity contribution >= 4 is 5.96 Å². The van der Waals surface area contributed by atoms with E-state index < -0.39 is 0 Å². The molecule has 1 heterocycles. The van der Waals surface area contributed by atoms with Crippen LogP contribution in [0, 0.1) is 0 Å². The molecular formula is C19H31N3O3. The zero-order chi connectivity index (χ0) is 17.9. The van der Waals surface area contributed by atoms with Crippen molar-refractivity contribution in [2.24, 2.45) is 4.99 Å².